The van der Waals surface area contributed by atoms with E-state index in [4.69, 9.17) is 4.74 Å². The van der Waals surface area contributed by atoms with Crippen LogP contribution in [0.1, 0.15) is 90.9 Å². The van der Waals surface area contributed by atoms with Gasteiger partial charge in [0.05, 0.1) is 6.61 Å². The number of fused-ring (bicyclic) bond motifs is 2. The second kappa shape index (κ2) is 9.91. The zero-order valence-corrected chi connectivity index (χ0v) is 19.4. The predicted octanol–water partition coefficient (Wildman–Crippen LogP) is 3.92. The first-order valence-electron chi connectivity index (χ1n) is 12.8. The lowest BCUT2D eigenvalue weighted by Gasteiger charge is -2.52. The lowest BCUT2D eigenvalue weighted by Crippen LogP contribution is -2.69. The van der Waals surface area contributed by atoms with Gasteiger partial charge in [-0.15, -0.1) is 0 Å². The van der Waals surface area contributed by atoms with Crippen LogP contribution < -0.4 is 0 Å². The molecule has 0 aromatic rings. The van der Waals surface area contributed by atoms with Crippen LogP contribution >= 0.6 is 0 Å². The highest BCUT2D eigenvalue weighted by Crippen LogP contribution is 2.41. The fourth-order valence-electron chi connectivity index (χ4n) is 6.73. The minimum Gasteiger partial charge on any atom is -0.464 e. The van der Waals surface area contributed by atoms with Gasteiger partial charge in [0, 0.05) is 6.54 Å². The maximum absolute atomic E-state index is 13.7. The highest BCUT2D eigenvalue weighted by Gasteiger charge is 2.52. The Bertz CT molecular complexity index is 674. The molecule has 4 aliphatic rings. The predicted molar refractivity (Wildman–Crippen MR) is 118 cm³/mol. The molecule has 2 aliphatic carbocycles. The summed E-state index contributed by atoms with van der Waals surface area (Å²) >= 11 is 0. The fourth-order valence-corrected chi connectivity index (χ4v) is 6.73. The average Bonchev–Trinajstić information content (AvgIpc) is 2.79. The quantitative estimate of drug-likeness (QED) is 0.597. The molecule has 2 heterocycles. The normalized spacial score (nSPS) is 33.0. The standard InChI is InChI=1S/C25H40N2O4/c1-3-31-25(30)21(14-13-18-9-5-4-6-10-18)27-17(2)23(28)26-16-20-12-8-7-11-19(20)15-22(26)24(27)29/h17-22H,3-16H2,1-2H3/t17-,19?,20?,21-,22?/m0/s1. The average molecular weight is 433 g/mol. The lowest BCUT2D eigenvalue weighted by atomic mass is 9.72. The molecule has 0 spiro atoms. The van der Waals surface area contributed by atoms with Crippen LogP contribution in [0.3, 0.4) is 0 Å². The van der Waals surface area contributed by atoms with Gasteiger partial charge in [-0.3, -0.25) is 9.59 Å². The molecule has 6 nitrogen and oxygen atoms in total. The monoisotopic (exact) mass is 432 g/mol. The Morgan fingerprint density at radius 2 is 1.68 bits per heavy atom. The molecule has 0 N–H and O–H groups in total. The second-order valence-electron chi connectivity index (χ2n) is 10.3. The van der Waals surface area contributed by atoms with Crippen molar-refractivity contribution in [2.45, 2.75) is 109 Å². The van der Waals surface area contributed by atoms with Crippen LogP contribution in [0.25, 0.3) is 0 Å². The lowest BCUT2D eigenvalue weighted by molar-refractivity contribution is -0.175. The summed E-state index contributed by atoms with van der Waals surface area (Å²) in [6.07, 6.45) is 13.3. The molecule has 2 saturated heterocycles. The molecule has 2 saturated carbocycles. The van der Waals surface area contributed by atoms with Crippen molar-refractivity contribution < 1.29 is 19.1 Å². The van der Waals surface area contributed by atoms with E-state index in [-0.39, 0.29) is 17.8 Å². The smallest absolute Gasteiger partial charge is 0.328 e. The summed E-state index contributed by atoms with van der Waals surface area (Å²) in [5.74, 6) is 1.33. The first-order chi connectivity index (χ1) is 15.0. The number of nitrogens with zero attached hydrogens (tertiary/aromatic N) is 2. The topological polar surface area (TPSA) is 66.9 Å². The van der Waals surface area contributed by atoms with Gasteiger partial charge in [-0.1, -0.05) is 51.4 Å². The van der Waals surface area contributed by atoms with Crippen molar-refractivity contribution in [2.24, 2.45) is 17.8 Å². The number of carbonyl (C=O) groups is 3. The third-order valence-electron chi connectivity index (χ3n) is 8.46. The SMILES string of the molecule is CCOC(=O)[C@H](CCC1CCCCC1)N1C(=O)C2CC3CCCCC3CN2C(=O)[C@@H]1C. The van der Waals surface area contributed by atoms with Gasteiger partial charge in [-0.25, -0.2) is 4.79 Å². The Morgan fingerprint density at radius 1 is 1.00 bits per heavy atom. The molecule has 0 bridgehead atoms. The van der Waals surface area contributed by atoms with E-state index < -0.39 is 18.1 Å². The Morgan fingerprint density at radius 3 is 2.39 bits per heavy atom. The number of piperidine rings is 1. The number of amides is 2. The molecule has 0 radical (unpaired) electrons. The van der Waals surface area contributed by atoms with Gasteiger partial charge in [0.25, 0.3) is 0 Å². The van der Waals surface area contributed by atoms with E-state index in [2.05, 4.69) is 0 Å². The van der Waals surface area contributed by atoms with Crippen LogP contribution in [0.5, 0.6) is 0 Å². The van der Waals surface area contributed by atoms with Crippen molar-refractivity contribution in [1.82, 2.24) is 9.80 Å². The zero-order chi connectivity index (χ0) is 22.0. The number of carbonyl (C=O) groups excluding carboxylic acids is 3. The Balaban J connectivity index is 1.52. The molecule has 2 aliphatic heterocycles. The van der Waals surface area contributed by atoms with E-state index >= 15 is 0 Å². The minimum absolute atomic E-state index is 0.0144. The van der Waals surface area contributed by atoms with E-state index in [0.29, 0.717) is 37.3 Å². The fraction of sp³-hybridized carbons (Fsp3) is 0.880. The van der Waals surface area contributed by atoms with Gasteiger partial charge in [-0.05, 0) is 57.3 Å². The molecule has 3 unspecified atom stereocenters. The molecule has 5 atom stereocenters. The Labute approximate surface area is 187 Å². The summed E-state index contributed by atoms with van der Waals surface area (Å²) in [6, 6.07) is -1.63. The molecular formula is C25H40N2O4. The van der Waals surface area contributed by atoms with E-state index in [0.717, 1.165) is 19.3 Å². The third kappa shape index (κ3) is 4.63. The van der Waals surface area contributed by atoms with Crippen molar-refractivity contribution in [3.63, 3.8) is 0 Å². The van der Waals surface area contributed by atoms with Gasteiger partial charge >= 0.3 is 5.97 Å². The number of piperazine rings is 1. The summed E-state index contributed by atoms with van der Waals surface area (Å²) in [7, 11) is 0. The van der Waals surface area contributed by atoms with Crippen LogP contribution in [0.4, 0.5) is 0 Å². The van der Waals surface area contributed by atoms with Crippen molar-refractivity contribution >= 4 is 17.8 Å². The van der Waals surface area contributed by atoms with E-state index in [1.807, 2.05) is 4.90 Å². The Hall–Kier alpha value is -1.59. The largest absolute Gasteiger partial charge is 0.464 e. The summed E-state index contributed by atoms with van der Waals surface area (Å²) in [4.78, 5) is 43.5. The zero-order valence-electron chi connectivity index (χ0n) is 19.4. The number of hydrogen-bond donors (Lipinski definition) is 0. The highest BCUT2D eigenvalue weighted by molar-refractivity contribution is 5.99. The number of rotatable bonds is 6. The van der Waals surface area contributed by atoms with Gasteiger partial charge in [0.2, 0.25) is 11.8 Å². The van der Waals surface area contributed by atoms with Crippen molar-refractivity contribution in [2.75, 3.05) is 13.2 Å². The summed E-state index contributed by atoms with van der Waals surface area (Å²) in [5.41, 5.74) is 0. The Kier molecular flexibility index (Phi) is 7.22. The van der Waals surface area contributed by atoms with Crippen LogP contribution in [0, 0.1) is 17.8 Å². The molecule has 4 fully saturated rings. The van der Waals surface area contributed by atoms with Crippen molar-refractivity contribution in [3.05, 3.63) is 0 Å². The van der Waals surface area contributed by atoms with E-state index in [1.54, 1.807) is 18.7 Å². The second-order valence-corrected chi connectivity index (χ2v) is 10.3. The molecule has 0 aromatic carbocycles. The van der Waals surface area contributed by atoms with Gasteiger partial charge in [-0.2, -0.15) is 0 Å². The third-order valence-corrected chi connectivity index (χ3v) is 8.46. The first kappa shape index (κ1) is 22.6. The van der Waals surface area contributed by atoms with E-state index in [1.165, 1.54) is 51.4 Å². The van der Waals surface area contributed by atoms with Crippen LogP contribution in [0.15, 0.2) is 0 Å². The maximum Gasteiger partial charge on any atom is 0.328 e. The highest BCUT2D eigenvalue weighted by atomic mass is 16.5. The van der Waals surface area contributed by atoms with Crippen LogP contribution in [-0.4, -0.2) is 58.9 Å². The van der Waals surface area contributed by atoms with Gasteiger partial charge < -0.3 is 14.5 Å². The maximum atomic E-state index is 13.7. The molecule has 174 valence electrons. The minimum atomic E-state index is -0.639. The molecule has 31 heavy (non-hydrogen) atoms. The van der Waals surface area contributed by atoms with E-state index in [9.17, 15) is 14.4 Å². The first-order valence-corrected chi connectivity index (χ1v) is 12.8. The molecule has 4 rings (SSSR count). The van der Waals surface area contributed by atoms with Gasteiger partial charge in [0.15, 0.2) is 0 Å². The van der Waals surface area contributed by atoms with Crippen LogP contribution in [0.2, 0.25) is 0 Å². The number of ether oxygens (including phenoxy) is 1. The molecular weight excluding hydrogens is 392 g/mol. The van der Waals surface area contributed by atoms with Gasteiger partial charge in [0.1, 0.15) is 18.1 Å². The molecule has 0 aromatic heterocycles. The number of esters is 1. The van der Waals surface area contributed by atoms with Crippen LogP contribution in [-0.2, 0) is 19.1 Å². The summed E-state index contributed by atoms with van der Waals surface area (Å²) in [6.45, 7) is 4.61. The summed E-state index contributed by atoms with van der Waals surface area (Å²) in [5, 5.41) is 0. The molecule has 6 heteroatoms. The van der Waals surface area contributed by atoms with Crippen molar-refractivity contribution in [3.8, 4) is 0 Å². The summed E-state index contributed by atoms with van der Waals surface area (Å²) < 4.78 is 5.39. The number of hydrogen-bond acceptors (Lipinski definition) is 4. The van der Waals surface area contributed by atoms with Crippen molar-refractivity contribution in [1.29, 1.82) is 0 Å². The molecule has 2 amide bonds.